The zero-order chi connectivity index (χ0) is 26.1. The van der Waals surface area contributed by atoms with E-state index in [4.69, 9.17) is 25.8 Å². The summed E-state index contributed by atoms with van der Waals surface area (Å²) in [4.78, 5) is 36.6. The number of ether oxygens (including phenoxy) is 3. The van der Waals surface area contributed by atoms with E-state index in [0.29, 0.717) is 39.9 Å². The molecule has 0 unspecified atom stereocenters. The van der Waals surface area contributed by atoms with Crippen molar-refractivity contribution in [2.45, 2.75) is 13.8 Å². The average molecular weight is 510 g/mol. The third kappa shape index (κ3) is 7.07. The molecule has 0 aromatic heterocycles. The van der Waals surface area contributed by atoms with Crippen molar-refractivity contribution in [1.82, 2.24) is 5.43 Å². The number of hydrogen-bond donors (Lipinski definition) is 2. The van der Waals surface area contributed by atoms with Crippen molar-refractivity contribution in [3.8, 4) is 17.2 Å². The van der Waals surface area contributed by atoms with Gasteiger partial charge in [-0.05, 0) is 79.6 Å². The molecule has 186 valence electrons. The van der Waals surface area contributed by atoms with Crippen molar-refractivity contribution >= 4 is 41.3 Å². The van der Waals surface area contributed by atoms with E-state index in [9.17, 15) is 14.4 Å². The standard InChI is InChI=1S/C26H24ClN3O6/c1-4-35-23-13-17(6-12-22(23)36-26(33)18-7-10-20(34-3)11-8-18)15-28-30-25(32)24(31)29-19-9-5-16(2)21(27)14-19/h5-15H,4H2,1-3H3,(H,29,31)(H,30,32)/b28-15-. The first-order valence-corrected chi connectivity index (χ1v) is 11.2. The number of esters is 1. The lowest BCUT2D eigenvalue weighted by Gasteiger charge is -2.11. The van der Waals surface area contributed by atoms with Crippen molar-refractivity contribution in [3.63, 3.8) is 0 Å². The molecule has 0 saturated carbocycles. The number of nitrogens with zero attached hydrogens (tertiary/aromatic N) is 1. The van der Waals surface area contributed by atoms with Gasteiger partial charge in [0.2, 0.25) is 0 Å². The molecule has 0 radical (unpaired) electrons. The molecule has 0 bridgehead atoms. The topological polar surface area (TPSA) is 115 Å². The molecule has 0 saturated heterocycles. The van der Waals surface area contributed by atoms with E-state index in [2.05, 4.69) is 15.8 Å². The Labute approximate surface area is 213 Å². The molecule has 0 fully saturated rings. The minimum Gasteiger partial charge on any atom is -0.497 e. The fourth-order valence-electron chi connectivity index (χ4n) is 2.92. The summed E-state index contributed by atoms with van der Waals surface area (Å²) in [6, 6.07) is 16.1. The number of hydrogen-bond acceptors (Lipinski definition) is 7. The van der Waals surface area contributed by atoms with Crippen LogP contribution in [0.1, 0.15) is 28.4 Å². The Morgan fingerprint density at radius 1 is 0.972 bits per heavy atom. The van der Waals surface area contributed by atoms with Gasteiger partial charge in [-0.25, -0.2) is 10.2 Å². The maximum atomic E-state index is 12.5. The number of halogens is 1. The van der Waals surface area contributed by atoms with E-state index >= 15 is 0 Å². The lowest BCUT2D eigenvalue weighted by atomic mass is 10.2. The first kappa shape index (κ1) is 26.2. The Morgan fingerprint density at radius 3 is 2.39 bits per heavy atom. The van der Waals surface area contributed by atoms with Crippen LogP contribution in [0.3, 0.4) is 0 Å². The van der Waals surface area contributed by atoms with E-state index in [0.717, 1.165) is 5.56 Å². The van der Waals surface area contributed by atoms with Gasteiger partial charge in [-0.15, -0.1) is 0 Å². The zero-order valence-electron chi connectivity index (χ0n) is 19.8. The van der Waals surface area contributed by atoms with Gasteiger partial charge in [0, 0.05) is 10.7 Å². The largest absolute Gasteiger partial charge is 0.497 e. The summed E-state index contributed by atoms with van der Waals surface area (Å²) >= 11 is 6.03. The smallest absolute Gasteiger partial charge is 0.343 e. The maximum Gasteiger partial charge on any atom is 0.343 e. The molecule has 0 aliphatic carbocycles. The molecule has 3 aromatic carbocycles. The average Bonchev–Trinajstić information content (AvgIpc) is 2.87. The molecule has 2 amide bonds. The SMILES string of the molecule is CCOc1cc(/C=N\NC(=O)C(=O)Nc2ccc(C)c(Cl)c2)ccc1OC(=O)c1ccc(OC)cc1. The van der Waals surface area contributed by atoms with Crippen LogP contribution in [-0.2, 0) is 9.59 Å². The van der Waals surface area contributed by atoms with Crippen LogP contribution in [-0.4, -0.2) is 37.7 Å². The lowest BCUT2D eigenvalue weighted by molar-refractivity contribution is -0.136. The molecular weight excluding hydrogens is 486 g/mol. The first-order chi connectivity index (χ1) is 17.3. The highest BCUT2D eigenvalue weighted by molar-refractivity contribution is 6.39. The number of anilines is 1. The molecule has 0 heterocycles. The second-order valence-corrected chi connectivity index (χ2v) is 7.78. The van der Waals surface area contributed by atoms with Crippen LogP contribution in [0.25, 0.3) is 0 Å². The Morgan fingerprint density at radius 2 is 1.72 bits per heavy atom. The van der Waals surface area contributed by atoms with E-state index < -0.39 is 17.8 Å². The van der Waals surface area contributed by atoms with Crippen molar-refractivity contribution < 1.29 is 28.6 Å². The third-order valence-electron chi connectivity index (χ3n) is 4.81. The summed E-state index contributed by atoms with van der Waals surface area (Å²) in [5.41, 5.74) is 4.27. The maximum absolute atomic E-state index is 12.5. The van der Waals surface area contributed by atoms with Crippen LogP contribution >= 0.6 is 11.6 Å². The number of aryl methyl sites for hydroxylation is 1. The fourth-order valence-corrected chi connectivity index (χ4v) is 3.10. The van der Waals surface area contributed by atoms with Gasteiger partial charge in [0.1, 0.15) is 5.75 Å². The Bertz CT molecular complexity index is 1290. The Hall–Kier alpha value is -4.37. The van der Waals surface area contributed by atoms with E-state index in [-0.39, 0.29) is 5.75 Å². The van der Waals surface area contributed by atoms with Gasteiger partial charge in [-0.3, -0.25) is 9.59 Å². The molecule has 0 aliphatic heterocycles. The summed E-state index contributed by atoms with van der Waals surface area (Å²) < 4.78 is 16.1. The van der Waals surface area contributed by atoms with Crippen LogP contribution in [0, 0.1) is 6.92 Å². The van der Waals surface area contributed by atoms with Crippen molar-refractivity contribution in [2.24, 2.45) is 5.10 Å². The molecule has 36 heavy (non-hydrogen) atoms. The number of carbonyl (C=O) groups is 3. The molecule has 9 nitrogen and oxygen atoms in total. The molecule has 3 aromatic rings. The van der Waals surface area contributed by atoms with E-state index in [1.165, 1.54) is 13.3 Å². The first-order valence-electron chi connectivity index (χ1n) is 10.8. The van der Waals surface area contributed by atoms with Crippen LogP contribution in [0.15, 0.2) is 65.8 Å². The summed E-state index contributed by atoms with van der Waals surface area (Å²) in [5, 5.41) is 6.72. The molecule has 2 N–H and O–H groups in total. The molecule has 3 rings (SSSR count). The molecule has 0 atom stereocenters. The quantitative estimate of drug-likeness (QED) is 0.153. The Balaban J connectivity index is 1.63. The number of benzene rings is 3. The van der Waals surface area contributed by atoms with E-state index in [1.54, 1.807) is 67.6 Å². The third-order valence-corrected chi connectivity index (χ3v) is 5.22. The van der Waals surface area contributed by atoms with Gasteiger partial charge in [0.25, 0.3) is 0 Å². The second kappa shape index (κ2) is 12.4. The number of nitrogens with one attached hydrogen (secondary N) is 2. The van der Waals surface area contributed by atoms with Crippen molar-refractivity contribution in [3.05, 3.63) is 82.4 Å². The summed E-state index contributed by atoms with van der Waals surface area (Å²) in [6.07, 6.45) is 1.32. The second-order valence-electron chi connectivity index (χ2n) is 7.37. The summed E-state index contributed by atoms with van der Waals surface area (Å²) in [6.45, 7) is 3.94. The fraction of sp³-hybridized carbons (Fsp3) is 0.154. The highest BCUT2D eigenvalue weighted by Gasteiger charge is 2.15. The predicted molar refractivity (Wildman–Crippen MR) is 136 cm³/mol. The number of rotatable bonds is 8. The lowest BCUT2D eigenvalue weighted by Crippen LogP contribution is -2.32. The number of amides is 2. The number of carbonyl (C=O) groups excluding carboxylic acids is 3. The molecule has 10 heteroatoms. The van der Waals surface area contributed by atoms with Gasteiger partial charge >= 0.3 is 17.8 Å². The van der Waals surface area contributed by atoms with Crippen LogP contribution < -0.4 is 25.0 Å². The highest BCUT2D eigenvalue weighted by atomic mass is 35.5. The van der Waals surface area contributed by atoms with Gasteiger partial charge < -0.3 is 19.5 Å². The van der Waals surface area contributed by atoms with Gasteiger partial charge in [0.05, 0.1) is 25.5 Å². The number of hydrazone groups is 1. The summed E-state index contributed by atoms with van der Waals surface area (Å²) in [5.74, 6) is -1.28. The van der Waals surface area contributed by atoms with Gasteiger partial charge in [0.15, 0.2) is 11.5 Å². The van der Waals surface area contributed by atoms with Crippen LogP contribution in [0.5, 0.6) is 17.2 Å². The number of methoxy groups -OCH3 is 1. The molecular formula is C26H24ClN3O6. The van der Waals surface area contributed by atoms with Crippen molar-refractivity contribution in [1.29, 1.82) is 0 Å². The zero-order valence-corrected chi connectivity index (χ0v) is 20.6. The molecule has 0 aliphatic rings. The van der Waals surface area contributed by atoms with Crippen molar-refractivity contribution in [2.75, 3.05) is 19.0 Å². The van der Waals surface area contributed by atoms with Crippen LogP contribution in [0.4, 0.5) is 5.69 Å². The normalized spacial score (nSPS) is 10.6. The van der Waals surface area contributed by atoms with E-state index in [1.807, 2.05) is 6.92 Å². The van der Waals surface area contributed by atoms with Gasteiger partial charge in [-0.2, -0.15) is 5.10 Å². The minimum atomic E-state index is -0.960. The summed E-state index contributed by atoms with van der Waals surface area (Å²) in [7, 11) is 1.54. The van der Waals surface area contributed by atoms with Crippen LogP contribution in [0.2, 0.25) is 5.02 Å². The minimum absolute atomic E-state index is 0.218. The Kier molecular flexibility index (Phi) is 9.01. The van der Waals surface area contributed by atoms with Gasteiger partial charge in [-0.1, -0.05) is 17.7 Å². The monoisotopic (exact) mass is 509 g/mol. The predicted octanol–water partition coefficient (Wildman–Crippen LogP) is 4.36. The highest BCUT2D eigenvalue weighted by Crippen LogP contribution is 2.29. The molecule has 0 spiro atoms.